The van der Waals surface area contributed by atoms with Crippen molar-refractivity contribution in [2.24, 2.45) is 0 Å². The number of hydrogen-bond acceptors (Lipinski definition) is 3. The van der Waals surface area contributed by atoms with E-state index in [9.17, 15) is 0 Å². The van der Waals surface area contributed by atoms with Crippen molar-refractivity contribution in [1.29, 1.82) is 5.26 Å². The zero-order valence-electron chi connectivity index (χ0n) is 12.0. The molecule has 104 valence electrons. The van der Waals surface area contributed by atoms with Gasteiger partial charge in [-0.2, -0.15) is 5.26 Å². The lowest BCUT2D eigenvalue weighted by Crippen LogP contribution is -2.28. The fourth-order valence-corrected chi connectivity index (χ4v) is 2.28. The molecular weight excluding hydrogens is 236 g/mol. The molecule has 0 spiro atoms. The number of aliphatic hydroxyl groups is 1. The van der Waals surface area contributed by atoms with Crippen molar-refractivity contribution in [3.05, 3.63) is 35.4 Å². The molecule has 0 amide bonds. The summed E-state index contributed by atoms with van der Waals surface area (Å²) >= 11 is 0. The Bertz CT molecular complexity index is 394. The van der Waals surface area contributed by atoms with E-state index in [-0.39, 0.29) is 6.61 Å². The quantitative estimate of drug-likeness (QED) is 0.731. The standard InChI is InChI=1S/C16H24N2O/c1-3-18(11-5-4-6-12-19)14(2)16-9-7-15(13-17)8-10-16/h7-10,14,19H,3-6,11-12H2,1-2H3. The highest BCUT2D eigenvalue weighted by atomic mass is 16.2. The number of nitriles is 1. The second-order valence-corrected chi connectivity index (χ2v) is 4.82. The molecule has 1 unspecified atom stereocenters. The van der Waals surface area contributed by atoms with Crippen molar-refractivity contribution < 1.29 is 5.11 Å². The molecule has 1 aromatic carbocycles. The molecule has 0 aliphatic heterocycles. The third kappa shape index (κ3) is 5.02. The van der Waals surface area contributed by atoms with Crippen LogP contribution in [0, 0.1) is 11.3 Å². The second-order valence-electron chi connectivity index (χ2n) is 4.82. The summed E-state index contributed by atoms with van der Waals surface area (Å²) in [5, 5.41) is 17.6. The minimum Gasteiger partial charge on any atom is -0.396 e. The predicted octanol–water partition coefficient (Wildman–Crippen LogP) is 3.10. The molecule has 1 rings (SSSR count). The maximum atomic E-state index is 8.81. The van der Waals surface area contributed by atoms with E-state index in [4.69, 9.17) is 10.4 Å². The van der Waals surface area contributed by atoms with Crippen LogP contribution in [0.2, 0.25) is 0 Å². The number of aliphatic hydroxyl groups excluding tert-OH is 1. The first-order chi connectivity index (χ1) is 9.22. The van der Waals surface area contributed by atoms with E-state index in [0.717, 1.165) is 32.4 Å². The predicted molar refractivity (Wildman–Crippen MR) is 77.8 cm³/mol. The first-order valence-corrected chi connectivity index (χ1v) is 7.07. The molecule has 0 saturated carbocycles. The lowest BCUT2D eigenvalue weighted by molar-refractivity contribution is 0.212. The number of hydrogen-bond donors (Lipinski definition) is 1. The molecule has 1 aromatic rings. The lowest BCUT2D eigenvalue weighted by Gasteiger charge is -2.28. The van der Waals surface area contributed by atoms with Gasteiger partial charge in [-0.3, -0.25) is 4.90 Å². The summed E-state index contributed by atoms with van der Waals surface area (Å²) in [6, 6.07) is 10.4. The van der Waals surface area contributed by atoms with Crippen LogP contribution in [-0.4, -0.2) is 29.7 Å². The van der Waals surface area contributed by atoms with E-state index in [0.29, 0.717) is 11.6 Å². The van der Waals surface area contributed by atoms with Crippen molar-refractivity contribution >= 4 is 0 Å². The van der Waals surface area contributed by atoms with Crippen LogP contribution in [0.5, 0.6) is 0 Å². The summed E-state index contributed by atoms with van der Waals surface area (Å²) in [4.78, 5) is 2.43. The SMILES string of the molecule is CCN(CCCCCO)C(C)c1ccc(C#N)cc1. The van der Waals surface area contributed by atoms with Crippen molar-refractivity contribution in [3.8, 4) is 6.07 Å². The van der Waals surface area contributed by atoms with Gasteiger partial charge in [0.15, 0.2) is 0 Å². The summed E-state index contributed by atoms with van der Waals surface area (Å²) in [5.41, 5.74) is 1.96. The van der Waals surface area contributed by atoms with Crippen LogP contribution < -0.4 is 0 Å². The summed E-state index contributed by atoms with van der Waals surface area (Å²) < 4.78 is 0. The van der Waals surface area contributed by atoms with Gasteiger partial charge in [0.25, 0.3) is 0 Å². The van der Waals surface area contributed by atoms with Crippen LogP contribution >= 0.6 is 0 Å². The maximum Gasteiger partial charge on any atom is 0.0991 e. The zero-order valence-corrected chi connectivity index (χ0v) is 12.0. The normalized spacial score (nSPS) is 12.4. The number of unbranched alkanes of at least 4 members (excludes halogenated alkanes) is 2. The largest absolute Gasteiger partial charge is 0.396 e. The molecule has 1 atom stereocenters. The van der Waals surface area contributed by atoms with Gasteiger partial charge >= 0.3 is 0 Å². The fraction of sp³-hybridized carbons (Fsp3) is 0.562. The van der Waals surface area contributed by atoms with Crippen LogP contribution in [0.15, 0.2) is 24.3 Å². The molecule has 1 N–H and O–H groups in total. The van der Waals surface area contributed by atoms with Crippen LogP contribution in [0.4, 0.5) is 0 Å². The molecule has 0 fully saturated rings. The Labute approximate surface area is 116 Å². The van der Waals surface area contributed by atoms with Crippen molar-refractivity contribution in [2.75, 3.05) is 19.7 Å². The first-order valence-electron chi connectivity index (χ1n) is 7.07. The van der Waals surface area contributed by atoms with Gasteiger partial charge in [0.05, 0.1) is 11.6 Å². The zero-order chi connectivity index (χ0) is 14.1. The lowest BCUT2D eigenvalue weighted by atomic mass is 10.0. The van der Waals surface area contributed by atoms with Gasteiger partial charge in [0.2, 0.25) is 0 Å². The monoisotopic (exact) mass is 260 g/mol. The van der Waals surface area contributed by atoms with Gasteiger partial charge < -0.3 is 5.11 Å². The molecule has 0 aliphatic carbocycles. The molecule has 0 radical (unpaired) electrons. The molecule has 0 aromatic heterocycles. The topological polar surface area (TPSA) is 47.3 Å². The van der Waals surface area contributed by atoms with Gasteiger partial charge in [-0.05, 0) is 57.0 Å². The molecule has 19 heavy (non-hydrogen) atoms. The first kappa shape index (κ1) is 15.7. The van der Waals surface area contributed by atoms with Crippen molar-refractivity contribution in [1.82, 2.24) is 4.90 Å². The second kappa shape index (κ2) is 8.68. The van der Waals surface area contributed by atoms with E-state index in [1.807, 2.05) is 24.3 Å². The van der Waals surface area contributed by atoms with E-state index < -0.39 is 0 Å². The third-order valence-corrected chi connectivity index (χ3v) is 3.58. The number of benzene rings is 1. The highest BCUT2D eigenvalue weighted by molar-refractivity contribution is 5.32. The highest BCUT2D eigenvalue weighted by Crippen LogP contribution is 2.20. The average molecular weight is 260 g/mol. The van der Waals surface area contributed by atoms with Crippen LogP contribution in [-0.2, 0) is 0 Å². The Morgan fingerprint density at radius 2 is 1.89 bits per heavy atom. The molecular formula is C16H24N2O. The van der Waals surface area contributed by atoms with Gasteiger partial charge in [0, 0.05) is 12.6 Å². The Balaban J connectivity index is 2.56. The Morgan fingerprint density at radius 3 is 2.42 bits per heavy atom. The van der Waals surface area contributed by atoms with Crippen molar-refractivity contribution in [2.45, 2.75) is 39.2 Å². The third-order valence-electron chi connectivity index (χ3n) is 3.58. The van der Waals surface area contributed by atoms with Crippen molar-refractivity contribution in [3.63, 3.8) is 0 Å². The molecule has 0 bridgehead atoms. The number of nitrogens with zero attached hydrogens (tertiary/aromatic N) is 2. The van der Waals surface area contributed by atoms with Crippen LogP contribution in [0.1, 0.15) is 50.3 Å². The maximum absolute atomic E-state index is 8.81. The summed E-state index contributed by atoms with van der Waals surface area (Å²) in [6.07, 6.45) is 3.09. The van der Waals surface area contributed by atoms with Gasteiger partial charge in [-0.1, -0.05) is 19.1 Å². The van der Waals surface area contributed by atoms with Gasteiger partial charge in [-0.15, -0.1) is 0 Å². The minimum atomic E-state index is 0.289. The fourth-order valence-electron chi connectivity index (χ4n) is 2.28. The van der Waals surface area contributed by atoms with Gasteiger partial charge in [-0.25, -0.2) is 0 Å². The Hall–Kier alpha value is -1.37. The molecule has 0 saturated heterocycles. The molecule has 3 heteroatoms. The summed E-state index contributed by atoms with van der Waals surface area (Å²) in [5.74, 6) is 0. The highest BCUT2D eigenvalue weighted by Gasteiger charge is 2.13. The van der Waals surface area contributed by atoms with Gasteiger partial charge in [0.1, 0.15) is 0 Å². The molecule has 0 heterocycles. The van der Waals surface area contributed by atoms with E-state index >= 15 is 0 Å². The molecule has 3 nitrogen and oxygen atoms in total. The Kier molecular flexibility index (Phi) is 7.17. The summed E-state index contributed by atoms with van der Waals surface area (Å²) in [7, 11) is 0. The smallest absolute Gasteiger partial charge is 0.0991 e. The average Bonchev–Trinajstić information content (AvgIpc) is 2.47. The molecule has 0 aliphatic rings. The van der Waals surface area contributed by atoms with Crippen LogP contribution in [0.3, 0.4) is 0 Å². The van der Waals surface area contributed by atoms with Crippen LogP contribution in [0.25, 0.3) is 0 Å². The van der Waals surface area contributed by atoms with E-state index in [1.54, 1.807) is 0 Å². The number of rotatable bonds is 8. The summed E-state index contributed by atoms with van der Waals surface area (Å²) in [6.45, 7) is 6.73. The Morgan fingerprint density at radius 1 is 1.21 bits per heavy atom. The minimum absolute atomic E-state index is 0.289. The van der Waals surface area contributed by atoms with E-state index in [2.05, 4.69) is 24.8 Å². The van der Waals surface area contributed by atoms with E-state index in [1.165, 1.54) is 5.56 Å².